The molecule has 0 amide bonds. The molecular weight excluding hydrogens is 408 g/mol. The number of imidazole rings is 1. The minimum absolute atomic E-state index is 0.0542. The normalized spacial score (nSPS) is 23.4. The molecule has 2 atom stereocenters. The van der Waals surface area contributed by atoms with Gasteiger partial charge in [-0.05, 0) is 38.7 Å². The average molecular weight is 439 g/mol. The Bertz CT molecular complexity index is 968. The van der Waals surface area contributed by atoms with Crippen LogP contribution in [0.3, 0.4) is 0 Å². The molecule has 1 aliphatic heterocycles. The van der Waals surface area contributed by atoms with E-state index in [0.717, 1.165) is 0 Å². The molecule has 4 nitrogen and oxygen atoms in total. The fourth-order valence-electron chi connectivity index (χ4n) is 4.65. The predicted molar refractivity (Wildman–Crippen MR) is 113 cm³/mol. The summed E-state index contributed by atoms with van der Waals surface area (Å²) >= 11 is 0. The molecule has 0 spiro atoms. The molecule has 1 saturated heterocycles. The van der Waals surface area contributed by atoms with E-state index in [0.29, 0.717) is 42.1 Å². The van der Waals surface area contributed by atoms with Gasteiger partial charge in [-0.25, -0.2) is 22.5 Å². The van der Waals surface area contributed by atoms with Crippen LogP contribution in [-0.4, -0.2) is 39.0 Å². The van der Waals surface area contributed by atoms with Crippen molar-refractivity contribution in [2.45, 2.75) is 76.6 Å². The number of halogens is 4. The number of nitrogens with zero attached hydrogens (tertiary/aromatic N) is 2. The highest BCUT2D eigenvalue weighted by molar-refractivity contribution is 5.77. The number of aromatic amines is 1. The van der Waals surface area contributed by atoms with Crippen molar-refractivity contribution in [3.8, 4) is 0 Å². The number of rotatable bonds is 5. The van der Waals surface area contributed by atoms with Crippen LogP contribution in [0.4, 0.5) is 17.6 Å². The Morgan fingerprint density at radius 1 is 1.29 bits per heavy atom. The minimum atomic E-state index is -2.57. The van der Waals surface area contributed by atoms with Gasteiger partial charge in [-0.1, -0.05) is 19.6 Å². The molecule has 0 radical (unpaired) electrons. The van der Waals surface area contributed by atoms with Gasteiger partial charge in [-0.3, -0.25) is 0 Å². The van der Waals surface area contributed by atoms with E-state index < -0.39 is 23.5 Å². The number of hydrogen-bond donors (Lipinski definition) is 2. The molecule has 2 fully saturated rings. The molecule has 31 heavy (non-hydrogen) atoms. The fraction of sp³-hybridized carbons (Fsp3) is 0.609. The third kappa shape index (κ3) is 4.39. The van der Waals surface area contributed by atoms with Crippen molar-refractivity contribution < 1.29 is 17.6 Å². The molecule has 170 valence electrons. The van der Waals surface area contributed by atoms with Crippen LogP contribution in [0.25, 0.3) is 11.0 Å². The first kappa shape index (κ1) is 22.0. The van der Waals surface area contributed by atoms with Crippen LogP contribution in [0.2, 0.25) is 0 Å². The van der Waals surface area contributed by atoms with Crippen LogP contribution < -0.4 is 5.32 Å². The summed E-state index contributed by atoms with van der Waals surface area (Å²) in [5, 5.41) is 3.04. The highest BCUT2D eigenvalue weighted by Crippen LogP contribution is 2.42. The lowest BCUT2D eigenvalue weighted by molar-refractivity contribution is -0.0481. The molecule has 1 aromatic carbocycles. The zero-order valence-corrected chi connectivity index (χ0v) is 18.2. The maximum absolute atomic E-state index is 15.3. The Labute approximate surface area is 180 Å². The van der Waals surface area contributed by atoms with Gasteiger partial charge in [0.15, 0.2) is 5.82 Å². The molecule has 1 aliphatic carbocycles. The number of H-pyrrole nitrogens is 1. The largest absolute Gasteiger partial charge is 0.364 e. The third-order valence-electron chi connectivity index (χ3n) is 6.91. The van der Waals surface area contributed by atoms with Gasteiger partial charge in [0.05, 0.1) is 17.4 Å². The van der Waals surface area contributed by atoms with Crippen molar-refractivity contribution in [2.24, 2.45) is 5.92 Å². The monoisotopic (exact) mass is 438 g/mol. The van der Waals surface area contributed by atoms with Crippen LogP contribution in [0.15, 0.2) is 24.5 Å². The van der Waals surface area contributed by atoms with E-state index in [2.05, 4.69) is 21.9 Å². The maximum Gasteiger partial charge on any atom is 0.248 e. The standard InChI is InChI=1S/C23H30F4N4/c1-13(15-7-9-23(26,27)10-8-15)21-29-17-6-5-16(19(24)20(17)30-21)11-31-12-18(22(3,4)25)28-14(31)2/h5-6,13,15,18,28H,2,7-12H2,1,3-4H3,(H,29,30). The number of alkyl halides is 3. The van der Waals surface area contributed by atoms with Gasteiger partial charge in [0, 0.05) is 37.4 Å². The van der Waals surface area contributed by atoms with Crippen molar-refractivity contribution in [1.29, 1.82) is 0 Å². The van der Waals surface area contributed by atoms with E-state index in [1.165, 1.54) is 13.8 Å². The second-order valence-electron chi connectivity index (χ2n) is 9.63. The van der Waals surface area contributed by atoms with E-state index in [-0.39, 0.29) is 36.7 Å². The number of aromatic nitrogens is 2. The van der Waals surface area contributed by atoms with Gasteiger partial charge in [-0.15, -0.1) is 0 Å². The van der Waals surface area contributed by atoms with Crippen LogP contribution >= 0.6 is 0 Å². The van der Waals surface area contributed by atoms with E-state index in [9.17, 15) is 13.2 Å². The molecule has 2 unspecified atom stereocenters. The van der Waals surface area contributed by atoms with E-state index in [4.69, 9.17) is 0 Å². The first-order chi connectivity index (χ1) is 14.4. The van der Waals surface area contributed by atoms with Gasteiger partial charge >= 0.3 is 0 Å². The fourth-order valence-corrected chi connectivity index (χ4v) is 4.65. The summed E-state index contributed by atoms with van der Waals surface area (Å²) in [5.41, 5.74) is -0.127. The number of nitrogens with one attached hydrogen (secondary N) is 2. The lowest BCUT2D eigenvalue weighted by Crippen LogP contribution is -2.41. The van der Waals surface area contributed by atoms with E-state index >= 15 is 4.39 Å². The second kappa shape index (κ2) is 7.71. The number of benzene rings is 1. The minimum Gasteiger partial charge on any atom is -0.364 e. The van der Waals surface area contributed by atoms with Crippen molar-refractivity contribution in [2.75, 3.05) is 6.54 Å². The Hall–Kier alpha value is -2.25. The summed E-state index contributed by atoms with van der Waals surface area (Å²) < 4.78 is 56.5. The smallest absolute Gasteiger partial charge is 0.248 e. The van der Waals surface area contributed by atoms with Gasteiger partial charge in [0.1, 0.15) is 17.0 Å². The summed E-state index contributed by atoms with van der Waals surface area (Å²) in [6, 6.07) is 3.08. The molecule has 1 saturated carbocycles. The van der Waals surface area contributed by atoms with Gasteiger partial charge in [0.2, 0.25) is 5.92 Å². The molecule has 8 heteroatoms. The van der Waals surface area contributed by atoms with Crippen molar-refractivity contribution in [3.05, 3.63) is 41.7 Å². The molecule has 2 aliphatic rings. The van der Waals surface area contributed by atoms with Crippen molar-refractivity contribution in [1.82, 2.24) is 20.2 Å². The first-order valence-electron chi connectivity index (χ1n) is 10.9. The van der Waals surface area contributed by atoms with Crippen LogP contribution in [0, 0.1) is 11.7 Å². The highest BCUT2D eigenvalue weighted by atomic mass is 19.3. The molecule has 2 aromatic rings. The maximum atomic E-state index is 15.3. The Morgan fingerprint density at radius 3 is 2.58 bits per heavy atom. The van der Waals surface area contributed by atoms with Gasteiger partial charge in [0.25, 0.3) is 0 Å². The SMILES string of the molecule is C=C1NC(C(C)(C)F)CN1Cc1ccc2[nH]c(C(C)C3CCC(F)(F)CC3)nc2c1F. The first-order valence-corrected chi connectivity index (χ1v) is 10.9. The molecule has 2 heterocycles. The van der Waals surface area contributed by atoms with E-state index in [1.54, 1.807) is 12.1 Å². The van der Waals surface area contributed by atoms with Gasteiger partial charge in [-0.2, -0.15) is 0 Å². The molecule has 4 rings (SSSR count). The average Bonchev–Trinajstić information content (AvgIpc) is 3.28. The Morgan fingerprint density at radius 2 is 1.97 bits per heavy atom. The molecule has 1 aromatic heterocycles. The van der Waals surface area contributed by atoms with Crippen LogP contribution in [0.1, 0.15) is 63.8 Å². The lowest BCUT2D eigenvalue weighted by Gasteiger charge is -2.31. The summed E-state index contributed by atoms with van der Waals surface area (Å²) in [4.78, 5) is 9.50. The topological polar surface area (TPSA) is 44.0 Å². The summed E-state index contributed by atoms with van der Waals surface area (Å²) in [5.74, 6) is -1.74. The predicted octanol–water partition coefficient (Wildman–Crippen LogP) is 5.62. The van der Waals surface area contributed by atoms with Gasteiger partial charge < -0.3 is 15.2 Å². The summed E-state index contributed by atoms with van der Waals surface area (Å²) in [6.45, 7) is 9.56. The summed E-state index contributed by atoms with van der Waals surface area (Å²) in [7, 11) is 0. The number of hydrogen-bond acceptors (Lipinski definition) is 3. The molecule has 0 bridgehead atoms. The zero-order valence-electron chi connectivity index (χ0n) is 18.2. The van der Waals surface area contributed by atoms with Crippen LogP contribution in [0.5, 0.6) is 0 Å². The zero-order chi connectivity index (χ0) is 22.6. The summed E-state index contributed by atoms with van der Waals surface area (Å²) in [6.07, 6.45) is 0.667. The van der Waals surface area contributed by atoms with Crippen LogP contribution in [-0.2, 0) is 6.54 Å². The Balaban J connectivity index is 1.51. The third-order valence-corrected chi connectivity index (χ3v) is 6.91. The second-order valence-corrected chi connectivity index (χ2v) is 9.63. The Kier molecular flexibility index (Phi) is 5.46. The highest BCUT2D eigenvalue weighted by Gasteiger charge is 2.38. The van der Waals surface area contributed by atoms with Crippen molar-refractivity contribution in [3.63, 3.8) is 0 Å². The van der Waals surface area contributed by atoms with E-state index in [1.807, 2.05) is 11.8 Å². The van der Waals surface area contributed by atoms with Crippen molar-refractivity contribution >= 4 is 11.0 Å². The lowest BCUT2D eigenvalue weighted by atomic mass is 9.79. The molecule has 2 N–H and O–H groups in total. The quantitative estimate of drug-likeness (QED) is 0.595. The molecular formula is C23H30F4N4. The number of fused-ring (bicyclic) bond motifs is 1.